The van der Waals surface area contributed by atoms with Gasteiger partial charge in [-0.25, -0.2) is 0 Å². The van der Waals surface area contributed by atoms with Crippen molar-refractivity contribution in [1.82, 2.24) is 10.2 Å². The summed E-state index contributed by atoms with van der Waals surface area (Å²) in [5.41, 5.74) is 2.60. The second-order valence-corrected chi connectivity index (χ2v) is 4.91. The zero-order valence-corrected chi connectivity index (χ0v) is 10.6. The molecule has 1 unspecified atom stereocenters. The van der Waals surface area contributed by atoms with Crippen LogP contribution in [0, 0.1) is 12.8 Å². The summed E-state index contributed by atoms with van der Waals surface area (Å²) in [5.74, 6) is 0.263. The molecule has 1 N–H and O–H groups in total. The smallest absolute Gasteiger partial charge is 0.224 e. The molecule has 1 heterocycles. The minimum absolute atomic E-state index is 0.0861. The van der Waals surface area contributed by atoms with Gasteiger partial charge in [0.25, 0.3) is 0 Å². The van der Waals surface area contributed by atoms with E-state index >= 15 is 0 Å². The number of nitrogens with one attached hydrogen (secondary N) is 1. The Morgan fingerprint density at radius 3 is 2.76 bits per heavy atom. The van der Waals surface area contributed by atoms with Crippen molar-refractivity contribution >= 4 is 5.91 Å². The van der Waals surface area contributed by atoms with Crippen LogP contribution in [0.15, 0.2) is 24.3 Å². The van der Waals surface area contributed by atoms with Gasteiger partial charge in [-0.1, -0.05) is 36.8 Å². The highest BCUT2D eigenvalue weighted by Crippen LogP contribution is 2.10. The number of hydrogen-bond donors (Lipinski definition) is 1. The molecule has 0 spiro atoms. The van der Waals surface area contributed by atoms with Gasteiger partial charge in [0, 0.05) is 32.1 Å². The second kappa shape index (κ2) is 5.32. The van der Waals surface area contributed by atoms with Crippen molar-refractivity contribution in [2.45, 2.75) is 20.4 Å². The summed E-state index contributed by atoms with van der Waals surface area (Å²) in [5, 5.41) is 2.94. The molecule has 1 fully saturated rings. The number of nitrogens with zero attached hydrogens (tertiary/aromatic N) is 1. The molecule has 0 radical (unpaired) electrons. The molecule has 3 heteroatoms. The summed E-state index contributed by atoms with van der Waals surface area (Å²) in [4.78, 5) is 13.9. The van der Waals surface area contributed by atoms with Crippen LogP contribution in [0.5, 0.6) is 0 Å². The van der Waals surface area contributed by atoms with Gasteiger partial charge in [0.1, 0.15) is 0 Å². The Hall–Kier alpha value is -1.35. The second-order valence-electron chi connectivity index (χ2n) is 4.91. The van der Waals surface area contributed by atoms with Crippen molar-refractivity contribution in [3.63, 3.8) is 0 Å². The van der Waals surface area contributed by atoms with E-state index in [1.54, 1.807) is 0 Å². The van der Waals surface area contributed by atoms with E-state index in [-0.39, 0.29) is 11.8 Å². The number of aryl methyl sites for hydroxylation is 1. The highest BCUT2D eigenvalue weighted by atomic mass is 16.1. The van der Waals surface area contributed by atoms with Gasteiger partial charge < -0.3 is 5.32 Å². The minimum Gasteiger partial charge on any atom is -0.355 e. The van der Waals surface area contributed by atoms with Gasteiger partial charge in [0.15, 0.2) is 0 Å². The van der Waals surface area contributed by atoms with E-state index in [0.717, 1.165) is 26.2 Å². The van der Waals surface area contributed by atoms with Gasteiger partial charge in [0.2, 0.25) is 5.91 Å². The number of hydrogen-bond acceptors (Lipinski definition) is 2. The van der Waals surface area contributed by atoms with Gasteiger partial charge in [-0.2, -0.15) is 0 Å². The molecule has 92 valence electrons. The Labute approximate surface area is 103 Å². The summed E-state index contributed by atoms with van der Waals surface area (Å²) < 4.78 is 0. The van der Waals surface area contributed by atoms with Crippen LogP contribution in [-0.4, -0.2) is 30.4 Å². The first-order valence-electron chi connectivity index (χ1n) is 6.21. The maximum absolute atomic E-state index is 11.5. The predicted octanol–water partition coefficient (Wildman–Crippen LogP) is 1.56. The summed E-state index contributed by atoms with van der Waals surface area (Å²) >= 11 is 0. The number of carbonyl (C=O) groups excluding carboxylic acids is 1. The van der Waals surface area contributed by atoms with Crippen LogP contribution in [0.25, 0.3) is 0 Å². The van der Waals surface area contributed by atoms with E-state index in [1.807, 2.05) is 6.92 Å². The van der Waals surface area contributed by atoms with Crippen LogP contribution >= 0.6 is 0 Å². The normalized spacial score (nSPS) is 22.0. The Balaban J connectivity index is 1.98. The van der Waals surface area contributed by atoms with E-state index < -0.39 is 0 Å². The van der Waals surface area contributed by atoms with Crippen LogP contribution in [0.3, 0.4) is 0 Å². The van der Waals surface area contributed by atoms with E-state index in [1.165, 1.54) is 11.1 Å². The van der Waals surface area contributed by atoms with Crippen molar-refractivity contribution in [2.24, 2.45) is 5.92 Å². The number of benzene rings is 1. The van der Waals surface area contributed by atoms with Crippen molar-refractivity contribution in [3.8, 4) is 0 Å². The fourth-order valence-electron chi connectivity index (χ4n) is 2.17. The van der Waals surface area contributed by atoms with Crippen molar-refractivity contribution in [1.29, 1.82) is 0 Å². The highest BCUT2D eigenvalue weighted by Gasteiger charge is 2.20. The first kappa shape index (κ1) is 12.1. The molecule has 1 saturated heterocycles. The molecule has 17 heavy (non-hydrogen) atoms. The van der Waals surface area contributed by atoms with Gasteiger partial charge in [-0.3, -0.25) is 9.69 Å². The third kappa shape index (κ3) is 3.30. The molecule has 0 bridgehead atoms. The van der Waals surface area contributed by atoms with Gasteiger partial charge in [-0.15, -0.1) is 0 Å². The molecule has 1 amide bonds. The molecule has 1 aromatic carbocycles. The maximum atomic E-state index is 11.5. The third-order valence-corrected chi connectivity index (χ3v) is 3.23. The lowest BCUT2D eigenvalue weighted by Gasteiger charge is -2.21. The fraction of sp³-hybridized carbons (Fsp3) is 0.500. The monoisotopic (exact) mass is 232 g/mol. The molecular weight excluding hydrogens is 212 g/mol. The molecule has 3 nitrogen and oxygen atoms in total. The summed E-state index contributed by atoms with van der Waals surface area (Å²) in [6.07, 6.45) is 0. The van der Waals surface area contributed by atoms with E-state index in [9.17, 15) is 4.79 Å². The molecule has 1 aliphatic heterocycles. The van der Waals surface area contributed by atoms with Crippen LogP contribution in [-0.2, 0) is 11.3 Å². The quantitative estimate of drug-likeness (QED) is 0.839. The molecule has 1 atom stereocenters. The predicted molar refractivity (Wildman–Crippen MR) is 68.6 cm³/mol. The molecule has 0 aliphatic carbocycles. The lowest BCUT2D eigenvalue weighted by molar-refractivity contribution is -0.124. The number of carbonyl (C=O) groups is 1. The van der Waals surface area contributed by atoms with Crippen molar-refractivity contribution in [2.75, 3.05) is 19.6 Å². The average Bonchev–Trinajstić information content (AvgIpc) is 2.45. The summed E-state index contributed by atoms with van der Waals surface area (Å²) in [6.45, 7) is 7.56. The van der Waals surface area contributed by atoms with E-state index in [4.69, 9.17) is 0 Å². The average molecular weight is 232 g/mol. The molecule has 2 rings (SSSR count). The van der Waals surface area contributed by atoms with Gasteiger partial charge in [0.05, 0.1) is 0 Å². The van der Waals surface area contributed by atoms with Crippen molar-refractivity contribution in [3.05, 3.63) is 35.4 Å². The Bertz CT molecular complexity index is 386. The Morgan fingerprint density at radius 2 is 2.06 bits per heavy atom. The fourth-order valence-corrected chi connectivity index (χ4v) is 2.17. The Kier molecular flexibility index (Phi) is 3.79. The zero-order chi connectivity index (χ0) is 12.3. The topological polar surface area (TPSA) is 32.3 Å². The maximum Gasteiger partial charge on any atom is 0.224 e. The largest absolute Gasteiger partial charge is 0.355 e. The minimum atomic E-state index is 0.0861. The van der Waals surface area contributed by atoms with E-state index in [0.29, 0.717) is 0 Å². The van der Waals surface area contributed by atoms with E-state index in [2.05, 4.69) is 41.4 Å². The van der Waals surface area contributed by atoms with Crippen LogP contribution < -0.4 is 5.32 Å². The van der Waals surface area contributed by atoms with Gasteiger partial charge in [-0.05, 0) is 12.5 Å². The highest BCUT2D eigenvalue weighted by molar-refractivity contribution is 5.78. The lowest BCUT2D eigenvalue weighted by atomic mass is 10.1. The molecular formula is C14H20N2O. The standard InChI is InChI=1S/C14H20N2O/c1-11-3-5-13(6-4-11)10-16-8-7-15-14(17)12(2)9-16/h3-6,12H,7-10H2,1-2H3,(H,15,17). The summed E-state index contributed by atoms with van der Waals surface area (Å²) in [6, 6.07) is 8.61. The number of amides is 1. The van der Waals surface area contributed by atoms with Crippen molar-refractivity contribution < 1.29 is 4.79 Å². The van der Waals surface area contributed by atoms with Crippen LogP contribution in [0.4, 0.5) is 0 Å². The molecule has 0 saturated carbocycles. The molecule has 0 aromatic heterocycles. The summed E-state index contributed by atoms with van der Waals surface area (Å²) in [7, 11) is 0. The number of rotatable bonds is 2. The Morgan fingerprint density at radius 1 is 1.35 bits per heavy atom. The molecule has 1 aliphatic rings. The first-order chi connectivity index (χ1) is 8.15. The third-order valence-electron chi connectivity index (χ3n) is 3.23. The van der Waals surface area contributed by atoms with Gasteiger partial charge >= 0.3 is 0 Å². The van der Waals surface area contributed by atoms with Crippen LogP contribution in [0.1, 0.15) is 18.1 Å². The SMILES string of the molecule is Cc1ccc(CN2CCNC(=O)C(C)C2)cc1. The lowest BCUT2D eigenvalue weighted by Crippen LogP contribution is -2.29. The molecule has 1 aromatic rings. The first-order valence-corrected chi connectivity index (χ1v) is 6.21. The van der Waals surface area contributed by atoms with Crippen LogP contribution in [0.2, 0.25) is 0 Å². The zero-order valence-electron chi connectivity index (χ0n) is 10.6.